The van der Waals surface area contributed by atoms with Crippen molar-refractivity contribution in [2.24, 2.45) is 0 Å². The van der Waals surface area contributed by atoms with Gasteiger partial charge >= 0.3 is 0 Å². The van der Waals surface area contributed by atoms with Crippen LogP contribution in [0.3, 0.4) is 0 Å². The van der Waals surface area contributed by atoms with Crippen molar-refractivity contribution in [3.8, 4) is 0 Å². The van der Waals surface area contributed by atoms with Crippen LogP contribution < -0.4 is 0 Å². The zero-order valence-corrected chi connectivity index (χ0v) is 12.5. The van der Waals surface area contributed by atoms with E-state index in [2.05, 4.69) is 63.7 Å². The third kappa shape index (κ3) is 9.23. The molecule has 0 bridgehead atoms. The summed E-state index contributed by atoms with van der Waals surface area (Å²) in [4.78, 5) is 0. The molecule has 0 aromatic heterocycles. The Morgan fingerprint density at radius 3 is 1.67 bits per heavy atom. The second-order valence-corrected chi connectivity index (χ2v) is 6.84. The second kappa shape index (κ2) is 8.73. The summed E-state index contributed by atoms with van der Waals surface area (Å²) in [5, 5.41) is 0.951. The topological polar surface area (TPSA) is 0 Å². The van der Waals surface area contributed by atoms with Crippen LogP contribution in [0.5, 0.6) is 0 Å². The van der Waals surface area contributed by atoms with Crippen molar-refractivity contribution in [2.45, 2.75) is 3.74 Å². The number of rotatable bonds is 1. The minimum atomic E-state index is 0.426. The predicted molar refractivity (Wildman–Crippen MR) is 69.6 cm³/mol. The van der Waals surface area contributed by atoms with Crippen molar-refractivity contribution in [1.29, 1.82) is 0 Å². The van der Waals surface area contributed by atoms with Crippen molar-refractivity contribution in [3.63, 3.8) is 0 Å². The Morgan fingerprint density at radius 2 is 1.50 bits per heavy atom. The summed E-state index contributed by atoms with van der Waals surface area (Å²) in [5.74, 6) is 0. The molecule has 0 unspecified atom stereocenters. The molecule has 1 aromatic carbocycles. The average Bonchev–Trinajstić information content (AvgIpc) is 2.07. The number of hydrogen-bond donors (Lipinski definition) is 0. The summed E-state index contributed by atoms with van der Waals surface area (Å²) in [6.45, 7) is 0. The molecule has 0 saturated carbocycles. The zero-order valence-electron chi connectivity index (χ0n) is 6.18. The Hall–Kier alpha value is 1.14. The van der Waals surface area contributed by atoms with Gasteiger partial charge in [-0.15, -0.1) is 0 Å². The van der Waals surface area contributed by atoms with Gasteiger partial charge in [-0.25, -0.2) is 0 Å². The average molecular weight is 424 g/mol. The maximum absolute atomic E-state index is 3.31. The van der Waals surface area contributed by atoms with Crippen molar-refractivity contribution in [2.75, 3.05) is 5.33 Å². The molecule has 1 aromatic rings. The molecule has 0 spiro atoms. The first-order valence-electron chi connectivity index (χ1n) is 3.21. The normalized spacial score (nSPS) is 9.08. The zero-order chi connectivity index (χ0) is 9.40. The molecule has 68 valence electrons. The molecular formula is C8H8Br4. The summed E-state index contributed by atoms with van der Waals surface area (Å²) in [6.07, 6.45) is 0. The van der Waals surface area contributed by atoms with Gasteiger partial charge < -0.3 is 0 Å². The molecule has 0 aliphatic carbocycles. The quantitative estimate of drug-likeness (QED) is 0.561. The first-order valence-corrected chi connectivity index (χ1v) is 6.96. The minimum Gasteiger partial charge on any atom is -0.0907 e. The Labute approximate surface area is 107 Å². The molecule has 0 aliphatic rings. The fourth-order valence-electron chi connectivity index (χ4n) is 0.415. The largest absolute Gasteiger partial charge is 0.0907 e. The molecular weight excluding hydrogens is 416 g/mol. The third-order valence-electron chi connectivity index (χ3n) is 0.850. The Morgan fingerprint density at radius 1 is 1.08 bits per heavy atom. The molecule has 0 N–H and O–H groups in total. The molecule has 0 radical (unpaired) electrons. The van der Waals surface area contributed by atoms with Gasteiger partial charge in [0.15, 0.2) is 0 Å². The molecule has 0 amide bonds. The van der Waals surface area contributed by atoms with Gasteiger partial charge in [-0.1, -0.05) is 81.9 Å². The summed E-state index contributed by atoms with van der Waals surface area (Å²) in [7, 11) is 0. The third-order valence-corrected chi connectivity index (χ3v) is 4.41. The summed E-state index contributed by atoms with van der Waals surface area (Å²) >= 11 is 13.0. The van der Waals surface area contributed by atoms with E-state index in [-0.39, 0.29) is 0 Å². The number of benzene rings is 1. The van der Waals surface area contributed by atoms with Crippen LogP contribution >= 0.6 is 63.7 Å². The second-order valence-electron chi connectivity index (χ2n) is 1.84. The monoisotopic (exact) mass is 420 g/mol. The van der Waals surface area contributed by atoms with Gasteiger partial charge in [0, 0.05) is 9.80 Å². The molecule has 12 heavy (non-hydrogen) atoms. The fourth-order valence-corrected chi connectivity index (χ4v) is 0.720. The highest BCUT2D eigenvalue weighted by Crippen LogP contribution is 2.09. The summed E-state index contributed by atoms with van der Waals surface area (Å²) in [6, 6.07) is 9.97. The lowest BCUT2D eigenvalue weighted by atomic mass is 10.4. The van der Waals surface area contributed by atoms with Crippen LogP contribution in [-0.4, -0.2) is 9.07 Å². The van der Waals surface area contributed by atoms with Crippen LogP contribution in [0.2, 0.25) is 0 Å². The van der Waals surface area contributed by atoms with Crippen LogP contribution in [0.4, 0.5) is 0 Å². The predicted octanol–water partition coefficient (Wildman–Crippen LogP) is 4.95. The maximum Gasteiger partial charge on any atom is 0.0794 e. The van der Waals surface area contributed by atoms with Gasteiger partial charge in [-0.3, -0.25) is 0 Å². The van der Waals surface area contributed by atoms with E-state index >= 15 is 0 Å². The minimum absolute atomic E-state index is 0.426. The molecule has 0 atom stereocenters. The van der Waals surface area contributed by atoms with Crippen molar-refractivity contribution in [1.82, 2.24) is 0 Å². The van der Waals surface area contributed by atoms with Crippen LogP contribution in [-0.2, 0) is 0 Å². The van der Waals surface area contributed by atoms with E-state index in [1.807, 2.05) is 30.3 Å². The number of hydrogen-bond acceptors (Lipinski definition) is 0. The lowest BCUT2D eigenvalue weighted by Gasteiger charge is -1.83. The van der Waals surface area contributed by atoms with E-state index in [1.165, 1.54) is 0 Å². The van der Waals surface area contributed by atoms with Crippen molar-refractivity contribution in [3.05, 3.63) is 34.8 Å². The smallest absolute Gasteiger partial charge is 0.0794 e. The van der Waals surface area contributed by atoms with E-state index in [0.29, 0.717) is 3.74 Å². The Balaban J connectivity index is 0.000000217. The van der Waals surface area contributed by atoms with E-state index in [9.17, 15) is 0 Å². The lowest BCUT2D eigenvalue weighted by molar-refractivity contribution is 1.54. The van der Waals surface area contributed by atoms with E-state index in [0.717, 1.165) is 9.80 Å². The molecule has 0 fully saturated rings. The van der Waals surface area contributed by atoms with Crippen LogP contribution in [0.1, 0.15) is 0 Å². The van der Waals surface area contributed by atoms with Crippen molar-refractivity contribution >= 4 is 63.7 Å². The van der Waals surface area contributed by atoms with Crippen molar-refractivity contribution < 1.29 is 0 Å². The highest BCUT2D eigenvalue weighted by Gasteiger charge is 1.87. The van der Waals surface area contributed by atoms with Crippen LogP contribution in [0.25, 0.3) is 0 Å². The fraction of sp³-hybridized carbons (Fsp3) is 0.250. The van der Waals surface area contributed by atoms with Gasteiger partial charge in [0.25, 0.3) is 0 Å². The Kier molecular flexibility index (Phi) is 9.55. The molecule has 0 nitrogen and oxygen atoms in total. The van der Waals surface area contributed by atoms with E-state index < -0.39 is 0 Å². The first-order chi connectivity index (χ1) is 5.66. The van der Waals surface area contributed by atoms with E-state index in [1.54, 1.807) is 0 Å². The Bertz CT molecular complexity index is 186. The first kappa shape index (κ1) is 13.1. The highest BCUT2D eigenvalue weighted by atomic mass is 79.9. The number of halogens is 4. The highest BCUT2D eigenvalue weighted by molar-refractivity contribution is 9.25. The van der Waals surface area contributed by atoms with Gasteiger partial charge in [-0.05, 0) is 12.1 Å². The summed E-state index contributed by atoms with van der Waals surface area (Å²) < 4.78 is 1.56. The maximum atomic E-state index is 3.31. The number of alkyl halides is 3. The molecule has 4 heteroatoms. The molecule has 0 saturated heterocycles. The van der Waals surface area contributed by atoms with Crippen LogP contribution in [0, 0.1) is 0 Å². The van der Waals surface area contributed by atoms with E-state index in [4.69, 9.17) is 0 Å². The standard InChI is InChI=1S/C6H5Br.C2H3Br3/c7-6-4-2-1-3-5-6;3-1-2(4)5/h1-5H;2H,1H2. The van der Waals surface area contributed by atoms with Gasteiger partial charge in [0.1, 0.15) is 0 Å². The van der Waals surface area contributed by atoms with Gasteiger partial charge in [-0.2, -0.15) is 0 Å². The van der Waals surface area contributed by atoms with Crippen LogP contribution in [0.15, 0.2) is 34.8 Å². The lowest BCUT2D eigenvalue weighted by Crippen LogP contribution is -1.79. The van der Waals surface area contributed by atoms with Gasteiger partial charge in [0.2, 0.25) is 0 Å². The SMILES string of the molecule is BrCC(Br)Br.Brc1ccccc1. The molecule has 0 heterocycles. The summed E-state index contributed by atoms with van der Waals surface area (Å²) in [5.41, 5.74) is 0. The molecule has 0 aliphatic heterocycles. The van der Waals surface area contributed by atoms with Gasteiger partial charge in [0.05, 0.1) is 3.74 Å². The molecule has 1 rings (SSSR count).